The second kappa shape index (κ2) is 24.6. The van der Waals surface area contributed by atoms with Gasteiger partial charge in [-0.05, 0) is 47.0 Å². The third-order valence-electron chi connectivity index (χ3n) is 10.2. The van der Waals surface area contributed by atoms with Gasteiger partial charge in [0.05, 0.1) is 51.1 Å². The van der Waals surface area contributed by atoms with Crippen LogP contribution in [0.25, 0.3) is 0 Å². The standard InChI is InChI=1S/C38H70N8O9/c1-36(2,34(50)54-8)24-29(31(47)52-6)26-45(20-18-43(15-11-40)17-14-42-13-10-39)21-19-44(16-12-41)22-23-46-27-30(32(48)53-7)25-38(5,33(46)49)28-37(3,4)35(51)55-9/h1,3,29-30,42H,10-28,39-41H2,2,4-9H3. The van der Waals surface area contributed by atoms with Crippen LogP contribution in [0.3, 0.4) is 0 Å². The molecule has 0 spiro atoms. The average Bonchev–Trinajstić information content (AvgIpc) is 3.15. The van der Waals surface area contributed by atoms with Crippen molar-refractivity contribution in [2.75, 3.05) is 133 Å². The molecule has 316 valence electrons. The van der Waals surface area contributed by atoms with E-state index >= 15 is 0 Å². The van der Waals surface area contributed by atoms with Gasteiger partial charge in [0.25, 0.3) is 0 Å². The molecule has 4 radical (unpaired) electrons. The van der Waals surface area contributed by atoms with Gasteiger partial charge in [0.2, 0.25) is 5.91 Å². The van der Waals surface area contributed by atoms with Crippen molar-refractivity contribution >= 4 is 29.8 Å². The molecule has 0 aromatic rings. The first kappa shape index (κ1) is 50.1. The molecule has 0 aromatic carbocycles. The van der Waals surface area contributed by atoms with Gasteiger partial charge in [-0.15, -0.1) is 0 Å². The molecule has 7 N–H and O–H groups in total. The number of ether oxygens (including phenoxy) is 4. The summed E-state index contributed by atoms with van der Waals surface area (Å²) in [5.41, 5.74) is 13.6. The highest BCUT2D eigenvalue weighted by Crippen LogP contribution is 2.43. The predicted molar refractivity (Wildman–Crippen MR) is 208 cm³/mol. The zero-order valence-electron chi connectivity index (χ0n) is 34.4. The summed E-state index contributed by atoms with van der Waals surface area (Å²) in [5, 5.41) is 3.30. The number of likely N-dealkylation sites (tertiary alicyclic amines) is 1. The normalized spacial score (nSPS) is 18.5. The number of esters is 4. The summed E-state index contributed by atoms with van der Waals surface area (Å²) in [4.78, 5) is 73.0. The Bertz CT molecular complexity index is 1210. The lowest BCUT2D eigenvalue weighted by molar-refractivity contribution is -0.162. The van der Waals surface area contributed by atoms with Gasteiger partial charge in [0, 0.05) is 110 Å². The van der Waals surface area contributed by atoms with Gasteiger partial charge in [-0.2, -0.15) is 0 Å². The van der Waals surface area contributed by atoms with Crippen LogP contribution in [-0.2, 0) is 42.9 Å². The molecule has 17 heteroatoms. The minimum atomic E-state index is -1.46. The minimum absolute atomic E-state index is 0.0000909. The lowest BCUT2D eigenvalue weighted by Crippen LogP contribution is -2.56. The van der Waals surface area contributed by atoms with Gasteiger partial charge in [-0.1, -0.05) is 6.92 Å². The molecule has 1 aliphatic rings. The Kier molecular flexibility index (Phi) is 22.4. The van der Waals surface area contributed by atoms with Crippen molar-refractivity contribution in [1.29, 1.82) is 0 Å². The smallest absolute Gasteiger partial charge is 0.311 e. The number of carbonyl (C=O) groups is 5. The summed E-state index contributed by atoms with van der Waals surface area (Å²) in [6.07, 6.45) is 0.143. The van der Waals surface area contributed by atoms with Crippen LogP contribution < -0.4 is 22.5 Å². The predicted octanol–water partition coefficient (Wildman–Crippen LogP) is -1.26. The molecule has 0 saturated carbocycles. The van der Waals surface area contributed by atoms with Crippen molar-refractivity contribution in [1.82, 2.24) is 24.9 Å². The number of hydrogen-bond acceptors (Lipinski definition) is 16. The SMILES string of the molecule is [CH]C(C)(CC(CN(CCN(CCN)CCNCCN)CCN(CCN)CCN1CC(C(=O)OC)CC(C)(CC([CH])(C)C(=O)OC)C1=O)C(=O)OC)C(=O)OC. The summed E-state index contributed by atoms with van der Waals surface area (Å²) in [6, 6.07) is 0. The molecule has 5 unspecified atom stereocenters. The number of carbonyl (C=O) groups excluding carboxylic acids is 5. The molecular formula is C38H70N8O9. The molecule has 1 heterocycles. The lowest BCUT2D eigenvalue weighted by atomic mass is 9.67. The zero-order chi connectivity index (χ0) is 41.8. The zero-order valence-corrected chi connectivity index (χ0v) is 34.4. The molecule has 1 amide bonds. The third kappa shape index (κ3) is 16.6. The second-order valence-electron chi connectivity index (χ2n) is 15.3. The van der Waals surface area contributed by atoms with Gasteiger partial charge in [0.1, 0.15) is 0 Å². The average molecular weight is 783 g/mol. The maximum absolute atomic E-state index is 14.0. The van der Waals surface area contributed by atoms with E-state index in [1.54, 1.807) is 11.8 Å². The van der Waals surface area contributed by atoms with Crippen LogP contribution in [0.4, 0.5) is 0 Å². The fourth-order valence-corrected chi connectivity index (χ4v) is 7.36. The second-order valence-corrected chi connectivity index (χ2v) is 15.3. The van der Waals surface area contributed by atoms with E-state index in [-0.39, 0.29) is 44.8 Å². The Morgan fingerprint density at radius 2 is 1.35 bits per heavy atom. The van der Waals surface area contributed by atoms with E-state index in [1.807, 2.05) is 0 Å². The fourth-order valence-electron chi connectivity index (χ4n) is 7.36. The minimum Gasteiger partial charge on any atom is -0.469 e. The van der Waals surface area contributed by atoms with Crippen molar-refractivity contribution in [3.63, 3.8) is 0 Å². The number of nitrogens with two attached hydrogens (primary N) is 3. The van der Waals surface area contributed by atoms with Gasteiger partial charge in [-0.25, -0.2) is 0 Å². The summed E-state index contributed by atoms with van der Waals surface area (Å²) in [7, 11) is 5.09. The summed E-state index contributed by atoms with van der Waals surface area (Å²) in [5.74, 6) is -3.82. The largest absolute Gasteiger partial charge is 0.469 e. The number of rotatable bonds is 28. The topological polar surface area (TPSA) is 225 Å². The Labute approximate surface area is 329 Å². The molecule has 0 aromatic heterocycles. The van der Waals surface area contributed by atoms with Gasteiger partial charge < -0.3 is 46.4 Å². The van der Waals surface area contributed by atoms with Gasteiger partial charge in [-0.3, -0.25) is 38.7 Å². The maximum Gasteiger partial charge on any atom is 0.311 e. The highest BCUT2D eigenvalue weighted by molar-refractivity contribution is 5.87. The van der Waals surface area contributed by atoms with Gasteiger partial charge >= 0.3 is 23.9 Å². The summed E-state index contributed by atoms with van der Waals surface area (Å²) >= 11 is 0. The molecule has 1 rings (SSSR count). The van der Waals surface area contributed by atoms with E-state index in [2.05, 4.69) is 20.0 Å². The first-order valence-electron chi connectivity index (χ1n) is 19.1. The monoisotopic (exact) mass is 783 g/mol. The number of methoxy groups -OCH3 is 4. The van der Waals surface area contributed by atoms with Crippen LogP contribution in [0.5, 0.6) is 0 Å². The van der Waals surface area contributed by atoms with E-state index in [0.29, 0.717) is 72.0 Å². The first-order valence-corrected chi connectivity index (χ1v) is 19.1. The third-order valence-corrected chi connectivity index (χ3v) is 10.2. The first-order chi connectivity index (χ1) is 25.9. The van der Waals surface area contributed by atoms with Crippen molar-refractivity contribution in [3.8, 4) is 0 Å². The number of nitrogens with one attached hydrogen (secondary N) is 1. The van der Waals surface area contributed by atoms with Crippen LogP contribution in [0.2, 0.25) is 0 Å². The van der Waals surface area contributed by atoms with Crippen LogP contribution in [0.1, 0.15) is 40.0 Å². The van der Waals surface area contributed by atoms with E-state index in [4.69, 9.17) is 50.0 Å². The molecule has 55 heavy (non-hydrogen) atoms. The Morgan fingerprint density at radius 3 is 1.85 bits per heavy atom. The Morgan fingerprint density at radius 1 is 0.800 bits per heavy atom. The van der Waals surface area contributed by atoms with E-state index < -0.39 is 52.0 Å². The van der Waals surface area contributed by atoms with Crippen molar-refractivity contribution < 1.29 is 42.9 Å². The number of piperidine rings is 1. The number of nitrogens with zero attached hydrogens (tertiary/aromatic N) is 4. The summed E-state index contributed by atoms with van der Waals surface area (Å²) < 4.78 is 20.0. The van der Waals surface area contributed by atoms with E-state index in [0.717, 1.165) is 13.1 Å². The number of hydrogen-bond donors (Lipinski definition) is 4. The molecule has 5 atom stereocenters. The van der Waals surface area contributed by atoms with Crippen LogP contribution in [-0.4, -0.2) is 183 Å². The fraction of sp³-hybridized carbons (Fsp3) is 0.816. The Hall–Kier alpha value is -2.93. The van der Waals surface area contributed by atoms with E-state index in [1.165, 1.54) is 42.3 Å². The molecule has 0 bridgehead atoms. The van der Waals surface area contributed by atoms with Crippen molar-refractivity contribution in [3.05, 3.63) is 13.8 Å². The molecule has 1 aliphatic heterocycles. The lowest BCUT2D eigenvalue weighted by Gasteiger charge is -2.45. The van der Waals surface area contributed by atoms with Gasteiger partial charge in [0.15, 0.2) is 0 Å². The van der Waals surface area contributed by atoms with Crippen LogP contribution in [0, 0.1) is 41.9 Å². The highest BCUT2D eigenvalue weighted by Gasteiger charge is 2.50. The van der Waals surface area contributed by atoms with E-state index in [9.17, 15) is 24.0 Å². The maximum atomic E-state index is 14.0. The Balaban J connectivity index is 3.31. The molecule has 0 aliphatic carbocycles. The van der Waals surface area contributed by atoms with Crippen LogP contribution >= 0.6 is 0 Å². The molecule has 17 nitrogen and oxygen atoms in total. The quantitative estimate of drug-likeness (QED) is 0.0413. The summed E-state index contributed by atoms with van der Waals surface area (Å²) in [6.45, 7) is 25.4. The van der Waals surface area contributed by atoms with Crippen molar-refractivity contribution in [2.24, 2.45) is 45.3 Å². The van der Waals surface area contributed by atoms with Crippen LogP contribution in [0.15, 0.2) is 0 Å². The highest BCUT2D eigenvalue weighted by atomic mass is 16.5. The molecule has 1 fully saturated rings. The molecular weight excluding hydrogens is 712 g/mol. The van der Waals surface area contributed by atoms with Crippen molar-refractivity contribution in [2.45, 2.75) is 40.0 Å². The molecule has 1 saturated heterocycles. The number of amides is 1.